The van der Waals surface area contributed by atoms with E-state index in [1.807, 2.05) is 11.1 Å². The minimum absolute atomic E-state index is 0.101. The molecule has 2 aromatic rings. The Morgan fingerprint density at radius 3 is 3.14 bits per heavy atom. The highest BCUT2D eigenvalue weighted by Crippen LogP contribution is 2.19. The summed E-state index contributed by atoms with van der Waals surface area (Å²) in [7, 11) is 0. The third-order valence-electron chi connectivity index (χ3n) is 4.16. The number of rotatable bonds is 3. The van der Waals surface area contributed by atoms with Crippen LogP contribution in [0.3, 0.4) is 0 Å². The Labute approximate surface area is 127 Å². The SMILES string of the molecule is O=C([C@@H]1CCCO1)N1CCn2cc(Cn3cncn3)nc2C1. The van der Waals surface area contributed by atoms with Crippen molar-refractivity contribution in [3.63, 3.8) is 0 Å². The highest BCUT2D eigenvalue weighted by molar-refractivity contribution is 5.81. The summed E-state index contributed by atoms with van der Waals surface area (Å²) in [6.07, 6.45) is 6.77. The molecule has 0 aromatic carbocycles. The van der Waals surface area contributed by atoms with Crippen LogP contribution in [0.15, 0.2) is 18.9 Å². The van der Waals surface area contributed by atoms with Gasteiger partial charge in [0.25, 0.3) is 5.91 Å². The first kappa shape index (κ1) is 13.4. The lowest BCUT2D eigenvalue weighted by Crippen LogP contribution is -2.43. The molecule has 8 heteroatoms. The van der Waals surface area contributed by atoms with Crippen LogP contribution in [0.2, 0.25) is 0 Å². The molecule has 2 aromatic heterocycles. The maximum absolute atomic E-state index is 12.4. The summed E-state index contributed by atoms with van der Waals surface area (Å²) in [6, 6.07) is 0. The van der Waals surface area contributed by atoms with Crippen LogP contribution >= 0.6 is 0 Å². The van der Waals surface area contributed by atoms with E-state index in [0.717, 1.165) is 30.9 Å². The number of nitrogens with zero attached hydrogens (tertiary/aromatic N) is 6. The Kier molecular flexibility index (Phi) is 3.38. The molecule has 1 saturated heterocycles. The van der Waals surface area contributed by atoms with E-state index in [1.165, 1.54) is 6.33 Å². The van der Waals surface area contributed by atoms with Crippen LogP contribution in [-0.2, 0) is 29.2 Å². The molecule has 4 heterocycles. The van der Waals surface area contributed by atoms with Gasteiger partial charge in [-0.15, -0.1) is 0 Å². The third kappa shape index (κ3) is 2.50. The summed E-state index contributed by atoms with van der Waals surface area (Å²) in [5.74, 6) is 1.03. The molecule has 0 bridgehead atoms. The van der Waals surface area contributed by atoms with Gasteiger partial charge in [-0.05, 0) is 12.8 Å². The summed E-state index contributed by atoms with van der Waals surface area (Å²) in [6.45, 7) is 3.33. The van der Waals surface area contributed by atoms with Gasteiger partial charge in [0.15, 0.2) is 0 Å². The molecule has 2 aliphatic heterocycles. The fourth-order valence-corrected chi connectivity index (χ4v) is 3.03. The van der Waals surface area contributed by atoms with Gasteiger partial charge in [0.1, 0.15) is 24.6 Å². The van der Waals surface area contributed by atoms with Gasteiger partial charge in [0.2, 0.25) is 0 Å². The predicted molar refractivity (Wildman–Crippen MR) is 75.7 cm³/mol. The molecule has 1 atom stereocenters. The van der Waals surface area contributed by atoms with E-state index in [9.17, 15) is 4.79 Å². The smallest absolute Gasteiger partial charge is 0.252 e. The van der Waals surface area contributed by atoms with Gasteiger partial charge >= 0.3 is 0 Å². The zero-order valence-corrected chi connectivity index (χ0v) is 12.3. The molecule has 0 radical (unpaired) electrons. The van der Waals surface area contributed by atoms with Crippen LogP contribution in [0.1, 0.15) is 24.4 Å². The Balaban J connectivity index is 1.46. The Hall–Kier alpha value is -2.22. The van der Waals surface area contributed by atoms with Crippen molar-refractivity contribution >= 4 is 5.91 Å². The van der Waals surface area contributed by atoms with Crippen molar-refractivity contribution in [2.45, 2.75) is 38.6 Å². The number of fused-ring (bicyclic) bond motifs is 1. The molecule has 1 fully saturated rings. The number of aromatic nitrogens is 5. The fraction of sp³-hybridized carbons (Fsp3) is 0.571. The van der Waals surface area contributed by atoms with Crippen molar-refractivity contribution in [2.24, 2.45) is 0 Å². The third-order valence-corrected chi connectivity index (χ3v) is 4.16. The summed E-state index contributed by atoms with van der Waals surface area (Å²) in [5, 5.41) is 4.09. The topological polar surface area (TPSA) is 78.1 Å². The Bertz CT molecular complexity index is 659. The lowest BCUT2D eigenvalue weighted by Gasteiger charge is -2.29. The lowest BCUT2D eigenvalue weighted by molar-refractivity contribution is -0.142. The summed E-state index contributed by atoms with van der Waals surface area (Å²) in [4.78, 5) is 22.8. The molecular formula is C14H18N6O2. The van der Waals surface area contributed by atoms with Gasteiger partial charge in [-0.1, -0.05) is 0 Å². The van der Waals surface area contributed by atoms with Crippen molar-refractivity contribution in [1.82, 2.24) is 29.2 Å². The number of hydrogen-bond donors (Lipinski definition) is 0. The number of carbonyl (C=O) groups excluding carboxylic acids is 1. The highest BCUT2D eigenvalue weighted by Gasteiger charge is 2.30. The monoisotopic (exact) mass is 302 g/mol. The number of ether oxygens (including phenoxy) is 1. The van der Waals surface area contributed by atoms with Crippen LogP contribution in [0.25, 0.3) is 0 Å². The molecule has 22 heavy (non-hydrogen) atoms. The molecule has 0 saturated carbocycles. The summed E-state index contributed by atoms with van der Waals surface area (Å²) < 4.78 is 9.35. The van der Waals surface area contributed by atoms with E-state index in [1.54, 1.807) is 11.0 Å². The van der Waals surface area contributed by atoms with Gasteiger partial charge in [-0.25, -0.2) is 14.6 Å². The molecule has 116 valence electrons. The van der Waals surface area contributed by atoms with Crippen LogP contribution < -0.4 is 0 Å². The molecule has 8 nitrogen and oxygen atoms in total. The Morgan fingerprint density at radius 1 is 1.41 bits per heavy atom. The van der Waals surface area contributed by atoms with Gasteiger partial charge in [0, 0.05) is 25.9 Å². The van der Waals surface area contributed by atoms with E-state index in [0.29, 0.717) is 26.2 Å². The molecule has 4 rings (SSSR count). The summed E-state index contributed by atoms with van der Waals surface area (Å²) in [5.41, 5.74) is 0.937. The molecular weight excluding hydrogens is 284 g/mol. The zero-order chi connectivity index (χ0) is 14.9. The normalized spacial score (nSPS) is 21.1. The molecule has 2 aliphatic rings. The maximum Gasteiger partial charge on any atom is 0.252 e. The van der Waals surface area contributed by atoms with Crippen molar-refractivity contribution in [3.05, 3.63) is 30.4 Å². The second kappa shape index (κ2) is 5.53. The van der Waals surface area contributed by atoms with Crippen molar-refractivity contribution < 1.29 is 9.53 Å². The lowest BCUT2D eigenvalue weighted by atomic mass is 10.2. The van der Waals surface area contributed by atoms with E-state index in [-0.39, 0.29) is 12.0 Å². The average Bonchev–Trinajstić information content (AvgIpc) is 3.27. The van der Waals surface area contributed by atoms with Gasteiger partial charge in [0.05, 0.1) is 18.8 Å². The molecule has 0 N–H and O–H groups in total. The molecule has 1 amide bonds. The Morgan fingerprint density at radius 2 is 2.36 bits per heavy atom. The zero-order valence-electron chi connectivity index (χ0n) is 12.3. The van der Waals surface area contributed by atoms with Crippen LogP contribution in [0.4, 0.5) is 0 Å². The van der Waals surface area contributed by atoms with Gasteiger partial charge in [-0.2, -0.15) is 5.10 Å². The van der Waals surface area contributed by atoms with Crippen LogP contribution in [0, 0.1) is 0 Å². The first-order valence-electron chi connectivity index (χ1n) is 7.57. The van der Waals surface area contributed by atoms with Crippen LogP contribution in [-0.4, -0.2) is 54.4 Å². The second-order valence-electron chi connectivity index (χ2n) is 5.70. The first-order chi connectivity index (χ1) is 10.8. The van der Waals surface area contributed by atoms with Crippen molar-refractivity contribution in [2.75, 3.05) is 13.2 Å². The van der Waals surface area contributed by atoms with E-state index in [2.05, 4.69) is 19.6 Å². The van der Waals surface area contributed by atoms with Crippen molar-refractivity contribution in [1.29, 1.82) is 0 Å². The largest absolute Gasteiger partial charge is 0.368 e. The van der Waals surface area contributed by atoms with Crippen molar-refractivity contribution in [3.8, 4) is 0 Å². The molecule has 0 spiro atoms. The minimum atomic E-state index is -0.254. The number of amides is 1. The van der Waals surface area contributed by atoms with Gasteiger partial charge in [-0.3, -0.25) is 4.79 Å². The second-order valence-corrected chi connectivity index (χ2v) is 5.70. The maximum atomic E-state index is 12.4. The number of imidazole rings is 1. The fourth-order valence-electron chi connectivity index (χ4n) is 3.03. The van der Waals surface area contributed by atoms with E-state index in [4.69, 9.17) is 4.74 Å². The quantitative estimate of drug-likeness (QED) is 0.800. The van der Waals surface area contributed by atoms with E-state index < -0.39 is 0 Å². The minimum Gasteiger partial charge on any atom is -0.368 e. The number of hydrogen-bond acceptors (Lipinski definition) is 5. The van der Waals surface area contributed by atoms with Crippen LogP contribution in [0.5, 0.6) is 0 Å². The standard InChI is InChI=1S/C14H18N6O2/c21-14(12-2-1-5-22-12)19-4-3-18-6-11(17-13(18)8-19)7-20-10-15-9-16-20/h6,9-10,12H,1-5,7-8H2/t12-/m0/s1. The first-order valence-corrected chi connectivity index (χ1v) is 7.57. The van der Waals surface area contributed by atoms with Gasteiger partial charge < -0.3 is 14.2 Å². The predicted octanol–water partition coefficient (Wildman–Crippen LogP) is 0.0441. The highest BCUT2D eigenvalue weighted by atomic mass is 16.5. The average molecular weight is 302 g/mol. The molecule has 0 aliphatic carbocycles. The summed E-state index contributed by atoms with van der Waals surface area (Å²) >= 11 is 0. The number of carbonyl (C=O) groups is 1. The van der Waals surface area contributed by atoms with E-state index >= 15 is 0 Å². The molecule has 0 unspecified atom stereocenters.